The van der Waals surface area contributed by atoms with Crippen molar-refractivity contribution in [1.29, 1.82) is 0 Å². The molecule has 0 saturated heterocycles. The molecule has 8 nitrogen and oxygen atoms in total. The third-order valence-electron chi connectivity index (χ3n) is 2.27. The van der Waals surface area contributed by atoms with Crippen LogP contribution in [-0.2, 0) is 19.2 Å². The SMILES string of the molecule is CC(=O)N/C=C\NC(C)=O.CC(=O)NC(C)C(C)NC(C)=O. The van der Waals surface area contributed by atoms with E-state index in [1.165, 1.54) is 40.1 Å². The van der Waals surface area contributed by atoms with E-state index in [-0.39, 0.29) is 35.7 Å². The van der Waals surface area contributed by atoms with Crippen molar-refractivity contribution in [1.82, 2.24) is 21.3 Å². The Balaban J connectivity index is 0. The largest absolute Gasteiger partial charge is 0.352 e. The number of hydrogen-bond acceptors (Lipinski definition) is 4. The molecule has 22 heavy (non-hydrogen) atoms. The molecule has 0 rings (SSSR count). The van der Waals surface area contributed by atoms with Crippen LogP contribution in [-0.4, -0.2) is 35.7 Å². The lowest BCUT2D eigenvalue weighted by atomic mass is 10.1. The van der Waals surface area contributed by atoms with Crippen molar-refractivity contribution in [2.45, 2.75) is 53.6 Å². The number of carbonyl (C=O) groups excluding carboxylic acids is 4. The van der Waals surface area contributed by atoms with Gasteiger partial charge < -0.3 is 21.3 Å². The topological polar surface area (TPSA) is 116 Å². The minimum absolute atomic E-state index is 0.0357. The van der Waals surface area contributed by atoms with Crippen molar-refractivity contribution < 1.29 is 19.2 Å². The van der Waals surface area contributed by atoms with E-state index in [0.717, 1.165) is 0 Å². The summed E-state index contributed by atoms with van der Waals surface area (Å²) in [5.41, 5.74) is 0. The summed E-state index contributed by atoms with van der Waals surface area (Å²) in [5.74, 6) is -0.498. The second-order valence-electron chi connectivity index (χ2n) is 4.71. The second kappa shape index (κ2) is 12.4. The van der Waals surface area contributed by atoms with Crippen LogP contribution >= 0.6 is 0 Å². The van der Waals surface area contributed by atoms with Crippen LogP contribution in [0.1, 0.15) is 41.5 Å². The number of amides is 4. The monoisotopic (exact) mass is 314 g/mol. The molecule has 4 amide bonds. The molecule has 0 radical (unpaired) electrons. The van der Waals surface area contributed by atoms with Gasteiger partial charge in [0, 0.05) is 52.2 Å². The van der Waals surface area contributed by atoms with Crippen molar-refractivity contribution in [2.24, 2.45) is 0 Å². The average molecular weight is 314 g/mol. The Hall–Kier alpha value is -2.38. The van der Waals surface area contributed by atoms with Crippen LogP contribution in [0.3, 0.4) is 0 Å². The Morgan fingerprint density at radius 2 is 0.909 bits per heavy atom. The van der Waals surface area contributed by atoms with Gasteiger partial charge in [-0.3, -0.25) is 19.2 Å². The van der Waals surface area contributed by atoms with Gasteiger partial charge in [0.05, 0.1) is 0 Å². The fourth-order valence-corrected chi connectivity index (χ4v) is 1.21. The summed E-state index contributed by atoms with van der Waals surface area (Å²) in [6, 6.07) is -0.0715. The Morgan fingerprint density at radius 3 is 1.09 bits per heavy atom. The predicted octanol–water partition coefficient (Wildman–Crippen LogP) is -0.235. The lowest BCUT2D eigenvalue weighted by Crippen LogP contribution is -2.47. The molecule has 0 aromatic heterocycles. The van der Waals surface area contributed by atoms with Crippen molar-refractivity contribution in [3.8, 4) is 0 Å². The summed E-state index contributed by atoms with van der Waals surface area (Å²) >= 11 is 0. The van der Waals surface area contributed by atoms with Crippen LogP contribution in [0.5, 0.6) is 0 Å². The maximum absolute atomic E-state index is 10.6. The van der Waals surface area contributed by atoms with Crippen LogP contribution in [0.25, 0.3) is 0 Å². The maximum atomic E-state index is 10.6. The molecule has 0 saturated carbocycles. The molecule has 8 heteroatoms. The summed E-state index contributed by atoms with van der Waals surface area (Å²) in [5, 5.41) is 10.1. The Labute approximate surface area is 131 Å². The fourth-order valence-electron chi connectivity index (χ4n) is 1.21. The van der Waals surface area contributed by atoms with E-state index in [9.17, 15) is 19.2 Å². The third kappa shape index (κ3) is 17.6. The molecule has 0 spiro atoms. The minimum atomic E-state index is -0.165. The zero-order chi connectivity index (χ0) is 17.7. The van der Waals surface area contributed by atoms with Gasteiger partial charge in [-0.1, -0.05) is 0 Å². The van der Waals surface area contributed by atoms with Crippen LogP contribution in [0.2, 0.25) is 0 Å². The van der Waals surface area contributed by atoms with E-state index < -0.39 is 0 Å². The van der Waals surface area contributed by atoms with Crippen LogP contribution in [0, 0.1) is 0 Å². The van der Waals surface area contributed by atoms with Crippen molar-refractivity contribution in [3.05, 3.63) is 12.4 Å². The van der Waals surface area contributed by atoms with Crippen molar-refractivity contribution >= 4 is 23.6 Å². The first-order valence-electron chi connectivity index (χ1n) is 6.79. The molecule has 2 unspecified atom stereocenters. The average Bonchev–Trinajstić information content (AvgIpc) is 2.33. The Morgan fingerprint density at radius 1 is 0.636 bits per heavy atom. The lowest BCUT2D eigenvalue weighted by molar-refractivity contribution is -0.122. The molecule has 0 aliphatic rings. The first-order chi connectivity index (χ1) is 10.1. The molecule has 4 N–H and O–H groups in total. The molecular weight excluding hydrogens is 288 g/mol. The minimum Gasteiger partial charge on any atom is -0.352 e. The highest BCUT2D eigenvalue weighted by Crippen LogP contribution is 1.90. The van der Waals surface area contributed by atoms with Crippen LogP contribution in [0.4, 0.5) is 0 Å². The number of nitrogens with one attached hydrogen (secondary N) is 4. The summed E-state index contributed by atoms with van der Waals surface area (Å²) in [6.07, 6.45) is 2.73. The molecule has 0 heterocycles. The molecule has 0 aliphatic carbocycles. The van der Waals surface area contributed by atoms with Crippen molar-refractivity contribution in [2.75, 3.05) is 0 Å². The van der Waals surface area contributed by atoms with Crippen molar-refractivity contribution in [3.63, 3.8) is 0 Å². The number of rotatable bonds is 5. The van der Waals surface area contributed by atoms with Crippen LogP contribution in [0.15, 0.2) is 12.4 Å². The molecule has 2 atom stereocenters. The molecule has 0 aromatic carbocycles. The van der Waals surface area contributed by atoms with E-state index in [4.69, 9.17) is 0 Å². The van der Waals surface area contributed by atoms with E-state index in [2.05, 4.69) is 21.3 Å². The molecule has 0 aliphatic heterocycles. The van der Waals surface area contributed by atoms with Gasteiger partial charge in [0.2, 0.25) is 23.6 Å². The first kappa shape index (κ1) is 21.9. The molecule has 0 fully saturated rings. The first-order valence-corrected chi connectivity index (χ1v) is 6.79. The third-order valence-corrected chi connectivity index (χ3v) is 2.27. The number of hydrogen-bond donors (Lipinski definition) is 4. The van der Waals surface area contributed by atoms with Gasteiger partial charge in [0.25, 0.3) is 0 Å². The highest BCUT2D eigenvalue weighted by molar-refractivity contribution is 5.75. The molecule has 126 valence electrons. The van der Waals surface area contributed by atoms with E-state index in [1.807, 2.05) is 13.8 Å². The van der Waals surface area contributed by atoms with E-state index >= 15 is 0 Å². The van der Waals surface area contributed by atoms with E-state index in [0.29, 0.717) is 0 Å². The lowest BCUT2D eigenvalue weighted by Gasteiger charge is -2.20. The van der Waals surface area contributed by atoms with E-state index in [1.54, 1.807) is 0 Å². The van der Waals surface area contributed by atoms with Gasteiger partial charge in [-0.2, -0.15) is 0 Å². The Bertz CT molecular complexity index is 383. The highest BCUT2D eigenvalue weighted by Gasteiger charge is 2.12. The smallest absolute Gasteiger partial charge is 0.220 e. The summed E-state index contributed by atoms with van der Waals surface area (Å²) in [6.45, 7) is 9.38. The zero-order valence-electron chi connectivity index (χ0n) is 13.9. The van der Waals surface area contributed by atoms with Gasteiger partial charge in [-0.15, -0.1) is 0 Å². The van der Waals surface area contributed by atoms with Gasteiger partial charge in [-0.25, -0.2) is 0 Å². The normalized spacial score (nSPS) is 12.3. The quantitative estimate of drug-likeness (QED) is 0.560. The fraction of sp³-hybridized carbons (Fsp3) is 0.571. The van der Waals surface area contributed by atoms with Gasteiger partial charge in [0.1, 0.15) is 0 Å². The summed E-state index contributed by atoms with van der Waals surface area (Å²) in [4.78, 5) is 41.7. The standard InChI is InChI=1S/C8H16N2O2.C6H10N2O2/c1-5(9-7(3)11)6(2)10-8(4)12;1-5(9)7-3-4-8-6(2)10/h5-6H,1-4H3,(H,9,11)(H,10,12);3-4H,1-2H3,(H,7,9)(H,8,10)/b;4-3-. The predicted molar refractivity (Wildman–Crippen MR) is 83.3 cm³/mol. The second-order valence-corrected chi connectivity index (χ2v) is 4.71. The molecular formula is C14H26N4O4. The maximum Gasteiger partial charge on any atom is 0.220 e. The number of carbonyl (C=O) groups is 4. The summed E-state index contributed by atoms with van der Waals surface area (Å²) < 4.78 is 0. The van der Waals surface area contributed by atoms with Gasteiger partial charge in [0.15, 0.2) is 0 Å². The van der Waals surface area contributed by atoms with Gasteiger partial charge >= 0.3 is 0 Å². The summed E-state index contributed by atoms with van der Waals surface area (Å²) in [7, 11) is 0. The zero-order valence-corrected chi connectivity index (χ0v) is 13.9. The van der Waals surface area contributed by atoms with Gasteiger partial charge in [-0.05, 0) is 13.8 Å². The highest BCUT2D eigenvalue weighted by atomic mass is 16.2. The Kier molecular flexibility index (Phi) is 12.3. The van der Waals surface area contributed by atoms with Crippen LogP contribution < -0.4 is 21.3 Å². The molecule has 0 aromatic rings. The molecule has 0 bridgehead atoms.